The number of carbonyl (C=O) groups excluding carboxylic acids is 1. The minimum Gasteiger partial charge on any atom is -0.486 e. The third-order valence-corrected chi connectivity index (χ3v) is 3.58. The number of hydrogen-bond donors (Lipinski definition) is 1. The number of halogens is 1. The van der Waals surface area contributed by atoms with Crippen LogP contribution in [-0.2, 0) is 13.2 Å². The lowest BCUT2D eigenvalue weighted by Gasteiger charge is -2.10. The van der Waals surface area contributed by atoms with Gasteiger partial charge in [-0.3, -0.25) is 4.79 Å². The Kier molecular flexibility index (Phi) is 5.36. The number of nitrogens with one attached hydrogen (secondary N) is 1. The molecule has 136 valence electrons. The lowest BCUT2D eigenvalue weighted by Crippen LogP contribution is -2.16. The molecule has 0 aliphatic rings. The maximum Gasteiger partial charge on any atom is 0.292 e. The summed E-state index contributed by atoms with van der Waals surface area (Å²) in [5, 5.41) is 6.99. The molecule has 7 heteroatoms. The van der Waals surface area contributed by atoms with E-state index in [1.807, 2.05) is 0 Å². The summed E-state index contributed by atoms with van der Waals surface area (Å²) in [4.78, 5) is 12.3. The van der Waals surface area contributed by atoms with Gasteiger partial charge in [0.15, 0.2) is 5.76 Å². The normalized spacial score (nSPS) is 10.9. The van der Waals surface area contributed by atoms with Gasteiger partial charge in [-0.25, -0.2) is 9.07 Å². The first-order chi connectivity index (χ1) is 12.5. The molecule has 0 saturated carbocycles. The number of anilines is 1. The molecular formula is C19H20FN3O3. The number of rotatable bonds is 7. The van der Waals surface area contributed by atoms with E-state index in [-0.39, 0.29) is 24.1 Å². The third kappa shape index (κ3) is 4.50. The highest BCUT2D eigenvalue weighted by Gasteiger charge is 2.14. The van der Waals surface area contributed by atoms with Gasteiger partial charge in [-0.1, -0.05) is 13.8 Å². The summed E-state index contributed by atoms with van der Waals surface area (Å²) < 4.78 is 25.6. The van der Waals surface area contributed by atoms with Gasteiger partial charge in [0.2, 0.25) is 0 Å². The molecule has 3 rings (SSSR count). The van der Waals surface area contributed by atoms with Crippen molar-refractivity contribution in [2.75, 3.05) is 5.32 Å². The Morgan fingerprint density at radius 3 is 2.73 bits per heavy atom. The fourth-order valence-electron chi connectivity index (χ4n) is 2.37. The predicted molar refractivity (Wildman–Crippen MR) is 94.5 cm³/mol. The maximum absolute atomic E-state index is 12.9. The van der Waals surface area contributed by atoms with Gasteiger partial charge in [0.05, 0.1) is 6.20 Å². The van der Waals surface area contributed by atoms with Gasteiger partial charge >= 0.3 is 0 Å². The molecule has 26 heavy (non-hydrogen) atoms. The van der Waals surface area contributed by atoms with Crippen molar-refractivity contribution in [3.05, 3.63) is 66.0 Å². The van der Waals surface area contributed by atoms with Gasteiger partial charge in [0.25, 0.3) is 5.91 Å². The predicted octanol–water partition coefficient (Wildman–Crippen LogP) is 4.10. The van der Waals surface area contributed by atoms with Crippen LogP contribution in [0.2, 0.25) is 0 Å². The fraction of sp³-hybridized carbons (Fsp3) is 0.263. The Labute approximate surface area is 150 Å². The van der Waals surface area contributed by atoms with Crippen LogP contribution in [0.3, 0.4) is 0 Å². The number of hydrogen-bond acceptors (Lipinski definition) is 4. The summed E-state index contributed by atoms with van der Waals surface area (Å²) in [5.41, 5.74) is 0. The van der Waals surface area contributed by atoms with Gasteiger partial charge in [0.1, 0.15) is 29.8 Å². The van der Waals surface area contributed by atoms with E-state index >= 15 is 0 Å². The number of amides is 1. The number of furan rings is 1. The molecule has 0 unspecified atom stereocenters. The molecule has 0 aliphatic heterocycles. The largest absolute Gasteiger partial charge is 0.486 e. The molecule has 0 radical (unpaired) electrons. The van der Waals surface area contributed by atoms with Crippen molar-refractivity contribution in [3.8, 4) is 5.75 Å². The van der Waals surface area contributed by atoms with Gasteiger partial charge < -0.3 is 14.5 Å². The topological polar surface area (TPSA) is 69.3 Å². The summed E-state index contributed by atoms with van der Waals surface area (Å²) in [7, 11) is 0. The summed E-state index contributed by atoms with van der Waals surface area (Å²) in [6.45, 7) is 5.00. The second-order valence-electron chi connectivity index (χ2n) is 6.26. The zero-order valence-electron chi connectivity index (χ0n) is 14.6. The molecule has 0 spiro atoms. The van der Waals surface area contributed by atoms with E-state index in [2.05, 4.69) is 24.3 Å². The quantitative estimate of drug-likeness (QED) is 0.691. The fourth-order valence-corrected chi connectivity index (χ4v) is 2.37. The van der Waals surface area contributed by atoms with Crippen molar-refractivity contribution >= 4 is 11.7 Å². The van der Waals surface area contributed by atoms with Crippen LogP contribution < -0.4 is 10.1 Å². The molecule has 1 aromatic carbocycles. The average molecular weight is 357 g/mol. The van der Waals surface area contributed by atoms with Crippen molar-refractivity contribution < 1.29 is 18.3 Å². The number of benzene rings is 1. The van der Waals surface area contributed by atoms with Crippen molar-refractivity contribution in [3.63, 3.8) is 0 Å². The molecule has 0 atom stereocenters. The zero-order chi connectivity index (χ0) is 18.5. The zero-order valence-corrected chi connectivity index (χ0v) is 14.6. The third-order valence-electron chi connectivity index (χ3n) is 3.58. The number of aromatic nitrogens is 2. The van der Waals surface area contributed by atoms with Gasteiger partial charge in [-0.15, -0.1) is 0 Å². The van der Waals surface area contributed by atoms with Crippen LogP contribution in [0.4, 0.5) is 10.2 Å². The highest BCUT2D eigenvalue weighted by Crippen LogP contribution is 2.16. The Morgan fingerprint density at radius 2 is 2.00 bits per heavy atom. The van der Waals surface area contributed by atoms with E-state index in [0.717, 1.165) is 0 Å². The summed E-state index contributed by atoms with van der Waals surface area (Å²) >= 11 is 0. The van der Waals surface area contributed by atoms with E-state index in [1.54, 1.807) is 29.1 Å². The molecular weight excluding hydrogens is 337 g/mol. The summed E-state index contributed by atoms with van der Waals surface area (Å²) in [6.07, 6.45) is 1.64. The van der Waals surface area contributed by atoms with E-state index in [4.69, 9.17) is 9.15 Å². The Bertz CT molecular complexity index is 868. The van der Waals surface area contributed by atoms with Crippen molar-refractivity contribution in [2.45, 2.75) is 27.0 Å². The van der Waals surface area contributed by atoms with E-state index in [0.29, 0.717) is 29.8 Å². The van der Waals surface area contributed by atoms with Crippen LogP contribution >= 0.6 is 0 Å². The van der Waals surface area contributed by atoms with Crippen LogP contribution in [0, 0.1) is 11.7 Å². The Hall–Kier alpha value is -3.09. The SMILES string of the molecule is CC(C)Cn1nccc1NC(=O)c1ccc(COc2ccc(F)cc2)o1. The molecule has 1 N–H and O–H groups in total. The van der Waals surface area contributed by atoms with E-state index in [1.165, 1.54) is 24.3 Å². The molecule has 0 fully saturated rings. The number of nitrogens with zero attached hydrogens (tertiary/aromatic N) is 2. The van der Waals surface area contributed by atoms with Crippen LogP contribution in [0.25, 0.3) is 0 Å². The van der Waals surface area contributed by atoms with Crippen molar-refractivity contribution in [1.29, 1.82) is 0 Å². The lowest BCUT2D eigenvalue weighted by atomic mass is 10.2. The minimum absolute atomic E-state index is 0.143. The Morgan fingerprint density at radius 1 is 1.23 bits per heavy atom. The van der Waals surface area contributed by atoms with E-state index in [9.17, 15) is 9.18 Å². The molecule has 0 aliphatic carbocycles. The first-order valence-electron chi connectivity index (χ1n) is 8.31. The molecule has 2 heterocycles. The number of ether oxygens (including phenoxy) is 1. The van der Waals surface area contributed by atoms with E-state index < -0.39 is 0 Å². The second kappa shape index (κ2) is 7.86. The van der Waals surface area contributed by atoms with Crippen LogP contribution in [0.15, 0.2) is 53.1 Å². The summed E-state index contributed by atoms with van der Waals surface area (Å²) in [5.74, 6) is 1.53. The van der Waals surface area contributed by atoms with Gasteiger partial charge in [0, 0.05) is 12.6 Å². The smallest absolute Gasteiger partial charge is 0.292 e. The second-order valence-corrected chi connectivity index (χ2v) is 6.26. The molecule has 0 saturated heterocycles. The molecule has 1 amide bonds. The standard InChI is InChI=1S/C19H20FN3O3/c1-13(2)11-23-18(9-10-21-23)22-19(24)17-8-7-16(26-17)12-25-15-5-3-14(20)4-6-15/h3-10,13H,11-12H2,1-2H3,(H,22,24). The average Bonchev–Trinajstić information content (AvgIpc) is 3.24. The number of carbonyl (C=O) groups is 1. The monoisotopic (exact) mass is 357 g/mol. The van der Waals surface area contributed by atoms with Crippen molar-refractivity contribution in [2.24, 2.45) is 5.92 Å². The van der Waals surface area contributed by atoms with Crippen LogP contribution in [-0.4, -0.2) is 15.7 Å². The summed E-state index contributed by atoms with van der Waals surface area (Å²) in [6, 6.07) is 10.7. The van der Waals surface area contributed by atoms with Crippen LogP contribution in [0.5, 0.6) is 5.75 Å². The highest BCUT2D eigenvalue weighted by molar-refractivity contribution is 6.01. The molecule has 3 aromatic rings. The molecule has 0 bridgehead atoms. The van der Waals surface area contributed by atoms with Gasteiger partial charge in [-0.05, 0) is 42.3 Å². The maximum atomic E-state index is 12.9. The minimum atomic E-state index is -0.358. The Balaban J connectivity index is 1.59. The molecule has 2 aromatic heterocycles. The highest BCUT2D eigenvalue weighted by atomic mass is 19.1. The van der Waals surface area contributed by atoms with Crippen molar-refractivity contribution in [1.82, 2.24) is 9.78 Å². The first-order valence-corrected chi connectivity index (χ1v) is 8.31. The lowest BCUT2D eigenvalue weighted by molar-refractivity contribution is 0.0991. The first kappa shape index (κ1) is 17.7. The molecule has 6 nitrogen and oxygen atoms in total. The van der Waals surface area contributed by atoms with Gasteiger partial charge in [-0.2, -0.15) is 5.10 Å². The van der Waals surface area contributed by atoms with Crippen LogP contribution in [0.1, 0.15) is 30.2 Å².